The van der Waals surface area contributed by atoms with Gasteiger partial charge in [0.05, 0.1) is 10.8 Å². The van der Waals surface area contributed by atoms with Crippen LogP contribution in [0.4, 0.5) is 0 Å². The summed E-state index contributed by atoms with van der Waals surface area (Å²) in [6, 6.07) is 5.45. The maximum Gasteiger partial charge on any atom is 0.150 e. The summed E-state index contributed by atoms with van der Waals surface area (Å²) in [6.45, 7) is 1.65. The number of halogens is 2. The monoisotopic (exact) mass is 368 g/mol. The van der Waals surface area contributed by atoms with E-state index in [-0.39, 0.29) is 17.5 Å². The van der Waals surface area contributed by atoms with Crippen molar-refractivity contribution in [3.05, 3.63) is 33.3 Å². The smallest absolute Gasteiger partial charge is 0.150 e. The van der Waals surface area contributed by atoms with Gasteiger partial charge in [-0.3, -0.25) is 11.3 Å². The Kier molecular flexibility index (Phi) is 6.76. The van der Waals surface area contributed by atoms with Gasteiger partial charge in [-0.05, 0) is 40.4 Å². The highest BCUT2D eigenvalue weighted by molar-refractivity contribution is 9.10. The predicted octanol–water partition coefficient (Wildman–Crippen LogP) is 2.82. The maximum absolute atomic E-state index is 11.4. The van der Waals surface area contributed by atoms with Gasteiger partial charge < -0.3 is 0 Å². The number of nitrogens with two attached hydrogens (primary N) is 1. The SMILES string of the molecule is CCS(=O)(=O)CCCC(NN)c1cccc(Br)c1Cl. The van der Waals surface area contributed by atoms with E-state index < -0.39 is 9.84 Å². The molecule has 0 aliphatic heterocycles. The van der Waals surface area contributed by atoms with E-state index in [9.17, 15) is 8.42 Å². The van der Waals surface area contributed by atoms with Gasteiger partial charge in [-0.2, -0.15) is 0 Å². The minimum atomic E-state index is -2.93. The lowest BCUT2D eigenvalue weighted by atomic mass is 10.0. The molecule has 0 aliphatic carbocycles. The number of nitrogens with one attached hydrogen (secondary N) is 1. The second-order valence-electron chi connectivity index (χ2n) is 4.24. The van der Waals surface area contributed by atoms with E-state index in [4.69, 9.17) is 17.4 Å². The van der Waals surface area contributed by atoms with Crippen molar-refractivity contribution in [2.75, 3.05) is 11.5 Å². The Morgan fingerprint density at radius 3 is 2.74 bits per heavy atom. The molecular weight excluding hydrogens is 352 g/mol. The van der Waals surface area contributed by atoms with Crippen molar-refractivity contribution in [2.24, 2.45) is 5.84 Å². The number of hydrazine groups is 1. The van der Waals surface area contributed by atoms with E-state index in [0.29, 0.717) is 17.9 Å². The van der Waals surface area contributed by atoms with Gasteiger partial charge in [-0.1, -0.05) is 30.7 Å². The Balaban J connectivity index is 2.71. The number of sulfone groups is 1. The summed E-state index contributed by atoms with van der Waals surface area (Å²) in [5.41, 5.74) is 3.56. The first-order valence-corrected chi connectivity index (χ1v) is 9.01. The molecule has 1 aromatic carbocycles. The second-order valence-corrected chi connectivity index (χ2v) is 7.95. The molecule has 0 aromatic heterocycles. The summed E-state index contributed by atoms with van der Waals surface area (Å²) in [6.07, 6.45) is 1.17. The maximum atomic E-state index is 11.4. The normalized spacial score (nSPS) is 13.5. The number of hydrogen-bond acceptors (Lipinski definition) is 4. The fourth-order valence-corrected chi connectivity index (χ4v) is 3.30. The molecule has 0 amide bonds. The third kappa shape index (κ3) is 5.04. The highest BCUT2D eigenvalue weighted by Crippen LogP contribution is 2.31. The summed E-state index contributed by atoms with van der Waals surface area (Å²) in [5.74, 6) is 5.88. The lowest BCUT2D eigenvalue weighted by Crippen LogP contribution is -2.28. The van der Waals surface area contributed by atoms with E-state index in [1.165, 1.54) is 0 Å². The van der Waals surface area contributed by atoms with Crippen LogP contribution in [0, 0.1) is 0 Å². The average Bonchev–Trinajstić information content (AvgIpc) is 2.38. The first-order chi connectivity index (χ1) is 8.91. The zero-order valence-electron chi connectivity index (χ0n) is 10.7. The minimum Gasteiger partial charge on any atom is -0.271 e. The van der Waals surface area contributed by atoms with Gasteiger partial charge in [0.25, 0.3) is 0 Å². The molecule has 3 N–H and O–H groups in total. The highest BCUT2D eigenvalue weighted by atomic mass is 79.9. The molecule has 19 heavy (non-hydrogen) atoms. The second kappa shape index (κ2) is 7.59. The van der Waals surface area contributed by atoms with Crippen LogP contribution in [0.1, 0.15) is 31.4 Å². The third-order valence-electron chi connectivity index (χ3n) is 2.95. The number of hydrogen-bond donors (Lipinski definition) is 2. The van der Waals surface area contributed by atoms with Crippen LogP contribution in [0.3, 0.4) is 0 Å². The molecule has 1 unspecified atom stereocenters. The average molecular weight is 370 g/mol. The Morgan fingerprint density at radius 1 is 1.47 bits per heavy atom. The Bertz CT molecular complexity index is 522. The first-order valence-electron chi connectivity index (χ1n) is 6.01. The first kappa shape index (κ1) is 16.9. The van der Waals surface area contributed by atoms with Crippen molar-refractivity contribution in [1.82, 2.24) is 5.43 Å². The molecule has 4 nitrogen and oxygen atoms in total. The van der Waals surface area contributed by atoms with E-state index in [0.717, 1.165) is 10.0 Å². The summed E-state index contributed by atoms with van der Waals surface area (Å²) in [5, 5.41) is 0.601. The topological polar surface area (TPSA) is 72.2 Å². The summed E-state index contributed by atoms with van der Waals surface area (Å²) >= 11 is 9.56. The molecular formula is C12H18BrClN2O2S. The predicted molar refractivity (Wildman–Crippen MR) is 82.8 cm³/mol. The van der Waals surface area contributed by atoms with Crippen molar-refractivity contribution < 1.29 is 8.42 Å². The molecule has 1 atom stereocenters. The van der Waals surface area contributed by atoms with Crippen LogP contribution in [-0.4, -0.2) is 19.9 Å². The van der Waals surface area contributed by atoms with Gasteiger partial charge in [0, 0.05) is 16.3 Å². The molecule has 0 saturated heterocycles. The molecule has 0 spiro atoms. The molecule has 0 aliphatic rings. The van der Waals surface area contributed by atoms with E-state index in [1.54, 1.807) is 6.92 Å². The van der Waals surface area contributed by atoms with Crippen LogP contribution >= 0.6 is 27.5 Å². The molecule has 7 heteroatoms. The molecule has 0 bridgehead atoms. The summed E-state index contributed by atoms with van der Waals surface area (Å²) < 4.78 is 23.7. The molecule has 1 aromatic rings. The molecule has 0 saturated carbocycles. The van der Waals surface area contributed by atoms with Gasteiger partial charge in [0.15, 0.2) is 0 Å². The molecule has 0 fully saturated rings. The van der Waals surface area contributed by atoms with Crippen LogP contribution in [0.5, 0.6) is 0 Å². The minimum absolute atomic E-state index is 0.156. The highest BCUT2D eigenvalue weighted by Gasteiger charge is 2.16. The van der Waals surface area contributed by atoms with Gasteiger partial charge in [0.1, 0.15) is 9.84 Å². The standard InChI is InChI=1S/C12H18BrClN2O2S/c1-2-19(17,18)8-4-7-11(16-15)9-5-3-6-10(13)12(9)14/h3,5-6,11,16H,2,4,7-8,15H2,1H3. The molecule has 0 heterocycles. The molecule has 108 valence electrons. The largest absolute Gasteiger partial charge is 0.271 e. The summed E-state index contributed by atoms with van der Waals surface area (Å²) in [7, 11) is -2.93. The van der Waals surface area contributed by atoms with Crippen molar-refractivity contribution >= 4 is 37.4 Å². The van der Waals surface area contributed by atoms with Crippen LogP contribution in [0.2, 0.25) is 5.02 Å². The number of benzene rings is 1. The van der Waals surface area contributed by atoms with Gasteiger partial charge in [-0.15, -0.1) is 0 Å². The third-order valence-corrected chi connectivity index (χ3v) is 6.05. The quantitative estimate of drug-likeness (QED) is 0.572. The van der Waals surface area contributed by atoms with Gasteiger partial charge in [0.2, 0.25) is 0 Å². The lowest BCUT2D eigenvalue weighted by Gasteiger charge is -2.18. The fourth-order valence-electron chi connectivity index (χ4n) is 1.77. The molecule has 0 radical (unpaired) electrons. The fraction of sp³-hybridized carbons (Fsp3) is 0.500. The van der Waals surface area contributed by atoms with E-state index in [2.05, 4.69) is 21.4 Å². The Labute approximate surface area is 127 Å². The Morgan fingerprint density at radius 2 is 2.16 bits per heavy atom. The molecule has 1 rings (SSSR count). The van der Waals surface area contributed by atoms with Crippen LogP contribution in [0.15, 0.2) is 22.7 Å². The van der Waals surface area contributed by atoms with E-state index >= 15 is 0 Å². The van der Waals surface area contributed by atoms with Crippen molar-refractivity contribution in [3.63, 3.8) is 0 Å². The van der Waals surface area contributed by atoms with E-state index in [1.807, 2.05) is 18.2 Å². The van der Waals surface area contributed by atoms with Gasteiger partial charge >= 0.3 is 0 Å². The zero-order chi connectivity index (χ0) is 14.5. The Hall–Kier alpha value is -0.140. The summed E-state index contributed by atoms with van der Waals surface area (Å²) in [4.78, 5) is 0. The van der Waals surface area contributed by atoms with Crippen molar-refractivity contribution in [1.29, 1.82) is 0 Å². The zero-order valence-corrected chi connectivity index (χ0v) is 13.9. The van der Waals surface area contributed by atoms with Crippen LogP contribution < -0.4 is 11.3 Å². The van der Waals surface area contributed by atoms with Crippen molar-refractivity contribution in [2.45, 2.75) is 25.8 Å². The van der Waals surface area contributed by atoms with Crippen LogP contribution in [-0.2, 0) is 9.84 Å². The van der Waals surface area contributed by atoms with Crippen LogP contribution in [0.25, 0.3) is 0 Å². The van der Waals surface area contributed by atoms with Gasteiger partial charge in [-0.25, -0.2) is 8.42 Å². The lowest BCUT2D eigenvalue weighted by molar-refractivity contribution is 0.507. The number of rotatable bonds is 7. The van der Waals surface area contributed by atoms with Crippen molar-refractivity contribution in [3.8, 4) is 0 Å².